The molecular formula is C19H32N2O3. The molecule has 0 N–H and O–H groups in total. The molecule has 5 nitrogen and oxygen atoms in total. The maximum absolute atomic E-state index is 13.2. The van der Waals surface area contributed by atoms with E-state index < -0.39 is 0 Å². The van der Waals surface area contributed by atoms with Crippen molar-refractivity contribution in [3.05, 3.63) is 0 Å². The number of likely N-dealkylation sites (tertiary alicyclic amines) is 2. The van der Waals surface area contributed by atoms with Crippen LogP contribution in [0.25, 0.3) is 0 Å². The van der Waals surface area contributed by atoms with Gasteiger partial charge in [-0.25, -0.2) is 0 Å². The van der Waals surface area contributed by atoms with E-state index in [1.807, 2.05) is 0 Å². The standard InChI is InChI=1S/C19H32N2O3/c22-18(21-7-1-2-8-21)17-14-20(13-16-3-9-23-10-4-16)15-19(17)5-11-24-12-6-19/h16-17H,1-15H2/t17-/m1/s1. The van der Waals surface area contributed by atoms with E-state index in [4.69, 9.17) is 9.47 Å². The van der Waals surface area contributed by atoms with Crippen molar-refractivity contribution in [1.82, 2.24) is 9.80 Å². The quantitative estimate of drug-likeness (QED) is 0.788. The predicted molar refractivity (Wildman–Crippen MR) is 91.8 cm³/mol. The SMILES string of the molecule is O=C([C@H]1CN(CC2CCOCC2)CC12CCOCC2)N1CCCC1. The third kappa shape index (κ3) is 3.35. The van der Waals surface area contributed by atoms with Gasteiger partial charge in [-0.3, -0.25) is 4.79 Å². The average molecular weight is 336 g/mol. The van der Waals surface area contributed by atoms with Gasteiger partial charge in [0.15, 0.2) is 0 Å². The lowest BCUT2D eigenvalue weighted by Crippen LogP contribution is -2.45. The summed E-state index contributed by atoms with van der Waals surface area (Å²) in [5.74, 6) is 1.37. The van der Waals surface area contributed by atoms with E-state index in [9.17, 15) is 4.79 Å². The highest BCUT2D eigenvalue weighted by molar-refractivity contribution is 5.80. The normalized spacial score (nSPS) is 31.8. The van der Waals surface area contributed by atoms with Crippen LogP contribution in [0.4, 0.5) is 0 Å². The molecule has 0 aromatic carbocycles. The fraction of sp³-hybridized carbons (Fsp3) is 0.947. The van der Waals surface area contributed by atoms with Gasteiger partial charge >= 0.3 is 0 Å². The van der Waals surface area contributed by atoms with Crippen LogP contribution in [0.3, 0.4) is 0 Å². The van der Waals surface area contributed by atoms with Crippen LogP contribution < -0.4 is 0 Å². The minimum Gasteiger partial charge on any atom is -0.381 e. The molecular weight excluding hydrogens is 304 g/mol. The lowest BCUT2D eigenvalue weighted by atomic mass is 9.71. The van der Waals surface area contributed by atoms with Gasteiger partial charge in [0.05, 0.1) is 5.92 Å². The first-order chi connectivity index (χ1) is 11.8. The van der Waals surface area contributed by atoms with Crippen molar-refractivity contribution < 1.29 is 14.3 Å². The van der Waals surface area contributed by atoms with Gasteiger partial charge in [-0.05, 0) is 44.4 Å². The predicted octanol–water partition coefficient (Wildman–Crippen LogP) is 1.76. The molecule has 4 aliphatic rings. The number of carbonyl (C=O) groups excluding carboxylic acids is 1. The van der Waals surface area contributed by atoms with Gasteiger partial charge in [0.2, 0.25) is 5.91 Å². The van der Waals surface area contributed by atoms with Crippen LogP contribution >= 0.6 is 0 Å². The Morgan fingerprint density at radius 1 is 1.00 bits per heavy atom. The van der Waals surface area contributed by atoms with Crippen molar-refractivity contribution in [3.8, 4) is 0 Å². The Hall–Kier alpha value is -0.650. The second kappa shape index (κ2) is 7.30. The highest BCUT2D eigenvalue weighted by Crippen LogP contribution is 2.45. The van der Waals surface area contributed by atoms with Crippen LogP contribution in [-0.4, -0.2) is 74.9 Å². The van der Waals surface area contributed by atoms with Crippen molar-refractivity contribution in [2.75, 3.05) is 59.2 Å². The molecule has 0 aromatic heterocycles. The van der Waals surface area contributed by atoms with Crippen LogP contribution in [0, 0.1) is 17.3 Å². The van der Waals surface area contributed by atoms with Crippen molar-refractivity contribution in [1.29, 1.82) is 0 Å². The van der Waals surface area contributed by atoms with Crippen LogP contribution in [0.5, 0.6) is 0 Å². The molecule has 24 heavy (non-hydrogen) atoms. The minimum atomic E-state index is 0.170. The van der Waals surface area contributed by atoms with Crippen molar-refractivity contribution in [2.24, 2.45) is 17.3 Å². The summed E-state index contributed by atoms with van der Waals surface area (Å²) in [4.78, 5) is 17.9. The highest BCUT2D eigenvalue weighted by Gasteiger charge is 2.51. The van der Waals surface area contributed by atoms with Gasteiger partial charge in [-0.2, -0.15) is 0 Å². The van der Waals surface area contributed by atoms with Gasteiger partial charge < -0.3 is 19.3 Å². The van der Waals surface area contributed by atoms with Gasteiger partial charge in [0.25, 0.3) is 0 Å². The molecule has 0 bridgehead atoms. The van der Waals surface area contributed by atoms with Gasteiger partial charge in [0.1, 0.15) is 0 Å². The first-order valence-corrected chi connectivity index (χ1v) is 9.93. The van der Waals surface area contributed by atoms with Crippen LogP contribution in [0.2, 0.25) is 0 Å². The largest absolute Gasteiger partial charge is 0.381 e. The summed E-state index contributed by atoms with van der Waals surface area (Å²) >= 11 is 0. The van der Waals surface area contributed by atoms with E-state index in [1.54, 1.807) is 0 Å². The topological polar surface area (TPSA) is 42.0 Å². The summed E-state index contributed by atoms with van der Waals surface area (Å²) in [5, 5.41) is 0. The number of amides is 1. The molecule has 1 spiro atoms. The van der Waals surface area contributed by atoms with Gasteiger partial charge in [-0.15, -0.1) is 0 Å². The number of hydrogen-bond donors (Lipinski definition) is 0. The molecule has 0 radical (unpaired) electrons. The Kier molecular flexibility index (Phi) is 5.11. The fourth-order valence-corrected chi connectivity index (χ4v) is 5.29. The molecule has 0 saturated carbocycles. The first kappa shape index (κ1) is 16.8. The number of rotatable bonds is 3. The summed E-state index contributed by atoms with van der Waals surface area (Å²) in [6.07, 6.45) is 6.83. The molecule has 1 amide bonds. The Morgan fingerprint density at radius 2 is 1.67 bits per heavy atom. The number of hydrogen-bond acceptors (Lipinski definition) is 4. The molecule has 1 atom stereocenters. The highest BCUT2D eigenvalue weighted by atomic mass is 16.5. The molecule has 4 fully saturated rings. The monoisotopic (exact) mass is 336 g/mol. The average Bonchev–Trinajstić information content (AvgIpc) is 3.25. The number of ether oxygens (including phenoxy) is 2. The third-order valence-electron chi connectivity index (χ3n) is 6.78. The Bertz CT molecular complexity index is 438. The van der Waals surface area contributed by atoms with Crippen molar-refractivity contribution in [2.45, 2.75) is 38.5 Å². The van der Waals surface area contributed by atoms with E-state index in [0.717, 1.165) is 77.9 Å². The Labute approximate surface area is 145 Å². The zero-order valence-electron chi connectivity index (χ0n) is 14.9. The maximum atomic E-state index is 13.2. The van der Waals surface area contributed by atoms with Gasteiger partial charge in [-0.1, -0.05) is 0 Å². The molecule has 5 heteroatoms. The van der Waals surface area contributed by atoms with Crippen LogP contribution in [0.15, 0.2) is 0 Å². The van der Waals surface area contributed by atoms with Crippen molar-refractivity contribution in [3.63, 3.8) is 0 Å². The third-order valence-corrected chi connectivity index (χ3v) is 6.78. The number of nitrogens with zero attached hydrogens (tertiary/aromatic N) is 2. The minimum absolute atomic E-state index is 0.170. The van der Waals surface area contributed by atoms with Gasteiger partial charge in [0, 0.05) is 64.6 Å². The Morgan fingerprint density at radius 3 is 2.38 bits per heavy atom. The maximum Gasteiger partial charge on any atom is 0.227 e. The molecule has 0 aromatic rings. The summed E-state index contributed by atoms with van der Waals surface area (Å²) in [6, 6.07) is 0. The van der Waals surface area contributed by atoms with E-state index in [0.29, 0.717) is 5.91 Å². The second-order valence-corrected chi connectivity index (χ2v) is 8.31. The Balaban J connectivity index is 1.46. The van der Waals surface area contributed by atoms with E-state index >= 15 is 0 Å². The zero-order chi connectivity index (χ0) is 16.4. The zero-order valence-corrected chi connectivity index (χ0v) is 14.9. The molecule has 0 aliphatic carbocycles. The summed E-state index contributed by atoms with van der Waals surface area (Å²) in [6.45, 7) is 8.63. The lowest BCUT2D eigenvalue weighted by Gasteiger charge is -2.38. The summed E-state index contributed by atoms with van der Waals surface area (Å²) < 4.78 is 11.1. The van der Waals surface area contributed by atoms with E-state index in [2.05, 4.69) is 9.80 Å². The van der Waals surface area contributed by atoms with E-state index in [-0.39, 0.29) is 11.3 Å². The fourth-order valence-electron chi connectivity index (χ4n) is 5.29. The first-order valence-electron chi connectivity index (χ1n) is 9.93. The van der Waals surface area contributed by atoms with E-state index in [1.165, 1.54) is 25.7 Å². The summed E-state index contributed by atoms with van der Waals surface area (Å²) in [5.41, 5.74) is 0.170. The molecule has 0 unspecified atom stereocenters. The summed E-state index contributed by atoms with van der Waals surface area (Å²) in [7, 11) is 0. The smallest absolute Gasteiger partial charge is 0.227 e. The number of carbonyl (C=O) groups is 1. The lowest BCUT2D eigenvalue weighted by molar-refractivity contribution is -0.139. The molecule has 4 saturated heterocycles. The molecule has 4 heterocycles. The molecule has 4 aliphatic heterocycles. The van der Waals surface area contributed by atoms with Crippen LogP contribution in [0.1, 0.15) is 38.5 Å². The van der Waals surface area contributed by atoms with Crippen LogP contribution in [-0.2, 0) is 14.3 Å². The second-order valence-electron chi connectivity index (χ2n) is 8.31. The van der Waals surface area contributed by atoms with Crippen molar-refractivity contribution >= 4 is 5.91 Å². The molecule has 136 valence electrons. The molecule has 4 rings (SSSR count).